The SMILES string of the molecule is CNC(CN(C)CCOCC1CC1)C(N)=O. The molecule has 1 fully saturated rings. The number of carbonyl (C=O) groups is 1. The van der Waals surface area contributed by atoms with E-state index in [1.54, 1.807) is 7.05 Å². The van der Waals surface area contributed by atoms with E-state index in [9.17, 15) is 4.79 Å². The van der Waals surface area contributed by atoms with Crippen molar-refractivity contribution in [3.63, 3.8) is 0 Å². The first-order chi connectivity index (χ1) is 7.63. The van der Waals surface area contributed by atoms with Crippen LogP contribution in [0.15, 0.2) is 0 Å². The summed E-state index contributed by atoms with van der Waals surface area (Å²) in [6, 6.07) is -0.284. The zero-order valence-electron chi connectivity index (χ0n) is 10.2. The molecule has 5 heteroatoms. The molecule has 0 heterocycles. The Balaban J connectivity index is 2.03. The van der Waals surface area contributed by atoms with Gasteiger partial charge in [-0.1, -0.05) is 0 Å². The van der Waals surface area contributed by atoms with Crippen molar-refractivity contribution in [2.24, 2.45) is 11.7 Å². The van der Waals surface area contributed by atoms with Crippen LogP contribution in [0.25, 0.3) is 0 Å². The lowest BCUT2D eigenvalue weighted by atomic mass is 10.2. The van der Waals surface area contributed by atoms with Gasteiger partial charge in [0.1, 0.15) is 0 Å². The zero-order chi connectivity index (χ0) is 12.0. The minimum absolute atomic E-state index is 0.284. The molecule has 0 spiro atoms. The zero-order valence-corrected chi connectivity index (χ0v) is 10.2. The summed E-state index contributed by atoms with van der Waals surface area (Å²) in [4.78, 5) is 13.0. The number of carbonyl (C=O) groups excluding carboxylic acids is 1. The number of rotatable bonds is 9. The molecule has 0 aromatic rings. The Labute approximate surface area is 97.3 Å². The standard InChI is InChI=1S/C11H23N3O2/c1-13-10(11(12)15)7-14(2)5-6-16-8-9-3-4-9/h9-10,13H,3-8H2,1-2H3,(H2,12,15). The first-order valence-corrected chi connectivity index (χ1v) is 5.86. The molecule has 1 atom stereocenters. The second-order valence-corrected chi connectivity index (χ2v) is 4.52. The van der Waals surface area contributed by atoms with Gasteiger partial charge in [0.15, 0.2) is 0 Å². The molecule has 0 radical (unpaired) electrons. The number of ether oxygens (including phenoxy) is 1. The van der Waals surface area contributed by atoms with Gasteiger partial charge in [0.2, 0.25) is 5.91 Å². The van der Waals surface area contributed by atoms with Gasteiger partial charge in [-0.2, -0.15) is 0 Å². The first kappa shape index (κ1) is 13.4. The van der Waals surface area contributed by atoms with E-state index in [0.29, 0.717) is 6.54 Å². The van der Waals surface area contributed by atoms with Crippen molar-refractivity contribution in [3.8, 4) is 0 Å². The normalized spacial score (nSPS) is 17.7. The van der Waals surface area contributed by atoms with E-state index in [0.717, 1.165) is 25.7 Å². The second kappa shape index (κ2) is 6.83. The molecule has 1 aliphatic rings. The van der Waals surface area contributed by atoms with E-state index in [4.69, 9.17) is 10.5 Å². The van der Waals surface area contributed by atoms with E-state index >= 15 is 0 Å². The lowest BCUT2D eigenvalue weighted by molar-refractivity contribution is -0.120. The second-order valence-electron chi connectivity index (χ2n) is 4.52. The van der Waals surface area contributed by atoms with E-state index in [1.165, 1.54) is 12.8 Å². The fourth-order valence-corrected chi connectivity index (χ4v) is 1.48. The third-order valence-corrected chi connectivity index (χ3v) is 2.85. The summed E-state index contributed by atoms with van der Waals surface area (Å²) in [7, 11) is 3.71. The van der Waals surface area contributed by atoms with Gasteiger partial charge in [-0.25, -0.2) is 0 Å². The highest BCUT2D eigenvalue weighted by Crippen LogP contribution is 2.28. The van der Waals surface area contributed by atoms with Crippen LogP contribution in [0.5, 0.6) is 0 Å². The van der Waals surface area contributed by atoms with Crippen molar-refractivity contribution in [1.29, 1.82) is 0 Å². The highest BCUT2D eigenvalue weighted by atomic mass is 16.5. The van der Waals surface area contributed by atoms with Gasteiger partial charge in [-0.05, 0) is 32.9 Å². The molecule has 0 aromatic carbocycles. The first-order valence-electron chi connectivity index (χ1n) is 5.86. The summed E-state index contributed by atoms with van der Waals surface area (Å²) >= 11 is 0. The van der Waals surface area contributed by atoms with Crippen molar-refractivity contribution in [3.05, 3.63) is 0 Å². The molecule has 3 N–H and O–H groups in total. The van der Waals surface area contributed by atoms with Gasteiger partial charge in [0.25, 0.3) is 0 Å². The molecule has 1 unspecified atom stereocenters. The Morgan fingerprint density at radius 2 is 2.31 bits per heavy atom. The average molecular weight is 229 g/mol. The van der Waals surface area contributed by atoms with Crippen LogP contribution in [0.4, 0.5) is 0 Å². The Morgan fingerprint density at radius 1 is 1.62 bits per heavy atom. The molecular formula is C11H23N3O2. The Bertz CT molecular complexity index is 219. The van der Waals surface area contributed by atoms with Crippen LogP contribution in [0.1, 0.15) is 12.8 Å². The van der Waals surface area contributed by atoms with Gasteiger partial charge in [0.05, 0.1) is 12.6 Å². The van der Waals surface area contributed by atoms with Crippen molar-refractivity contribution in [1.82, 2.24) is 10.2 Å². The quantitative estimate of drug-likeness (QED) is 0.519. The van der Waals surface area contributed by atoms with Gasteiger partial charge in [-0.3, -0.25) is 4.79 Å². The van der Waals surface area contributed by atoms with Crippen LogP contribution in [0, 0.1) is 5.92 Å². The van der Waals surface area contributed by atoms with Crippen molar-refractivity contribution < 1.29 is 9.53 Å². The Kier molecular flexibility index (Phi) is 5.73. The monoisotopic (exact) mass is 229 g/mol. The maximum Gasteiger partial charge on any atom is 0.235 e. The molecule has 0 aliphatic heterocycles. The number of nitrogens with zero attached hydrogens (tertiary/aromatic N) is 1. The van der Waals surface area contributed by atoms with Crippen molar-refractivity contribution >= 4 is 5.91 Å². The lowest BCUT2D eigenvalue weighted by Crippen LogP contribution is -2.47. The smallest absolute Gasteiger partial charge is 0.235 e. The van der Waals surface area contributed by atoms with Crippen molar-refractivity contribution in [2.75, 3.05) is 40.4 Å². The van der Waals surface area contributed by atoms with Gasteiger partial charge in [-0.15, -0.1) is 0 Å². The van der Waals surface area contributed by atoms with Crippen LogP contribution < -0.4 is 11.1 Å². The molecule has 0 saturated heterocycles. The molecule has 1 rings (SSSR count). The number of nitrogens with one attached hydrogen (secondary N) is 1. The number of likely N-dealkylation sites (N-methyl/N-ethyl adjacent to an activating group) is 2. The topological polar surface area (TPSA) is 67.6 Å². The molecule has 5 nitrogen and oxygen atoms in total. The molecule has 1 amide bonds. The molecular weight excluding hydrogens is 206 g/mol. The van der Waals surface area contributed by atoms with Crippen molar-refractivity contribution in [2.45, 2.75) is 18.9 Å². The fourth-order valence-electron chi connectivity index (χ4n) is 1.48. The van der Waals surface area contributed by atoms with Crippen LogP contribution >= 0.6 is 0 Å². The Morgan fingerprint density at radius 3 is 2.81 bits per heavy atom. The molecule has 16 heavy (non-hydrogen) atoms. The number of amides is 1. The summed E-state index contributed by atoms with van der Waals surface area (Å²) in [5.74, 6) is 0.495. The maximum atomic E-state index is 11.0. The van der Waals surface area contributed by atoms with E-state index < -0.39 is 0 Å². The Hall–Kier alpha value is -0.650. The average Bonchev–Trinajstić information content (AvgIpc) is 3.04. The van der Waals surface area contributed by atoms with Crippen LogP contribution in [-0.2, 0) is 9.53 Å². The molecule has 94 valence electrons. The fraction of sp³-hybridized carbons (Fsp3) is 0.909. The maximum absolute atomic E-state index is 11.0. The third-order valence-electron chi connectivity index (χ3n) is 2.85. The van der Waals surface area contributed by atoms with Gasteiger partial charge < -0.3 is 20.7 Å². The molecule has 0 bridgehead atoms. The summed E-state index contributed by atoms with van der Waals surface area (Å²) in [6.07, 6.45) is 2.64. The van der Waals surface area contributed by atoms with E-state index in [-0.39, 0.29) is 11.9 Å². The number of primary amides is 1. The molecule has 1 saturated carbocycles. The molecule has 0 aromatic heterocycles. The van der Waals surface area contributed by atoms with E-state index in [1.807, 2.05) is 7.05 Å². The number of hydrogen-bond donors (Lipinski definition) is 2. The highest BCUT2D eigenvalue weighted by molar-refractivity contribution is 5.80. The van der Waals surface area contributed by atoms with Crippen LogP contribution in [0.2, 0.25) is 0 Å². The van der Waals surface area contributed by atoms with Gasteiger partial charge in [0, 0.05) is 19.7 Å². The summed E-state index contributed by atoms with van der Waals surface area (Å²) in [5, 5.41) is 2.89. The predicted molar refractivity (Wildman–Crippen MR) is 63.1 cm³/mol. The van der Waals surface area contributed by atoms with Crippen LogP contribution in [-0.4, -0.2) is 57.2 Å². The third kappa shape index (κ3) is 5.44. The number of nitrogens with two attached hydrogens (primary N) is 1. The minimum Gasteiger partial charge on any atom is -0.380 e. The van der Waals surface area contributed by atoms with Gasteiger partial charge >= 0.3 is 0 Å². The summed E-state index contributed by atoms with van der Waals surface area (Å²) < 4.78 is 5.53. The molecule has 1 aliphatic carbocycles. The minimum atomic E-state index is -0.312. The summed E-state index contributed by atoms with van der Waals surface area (Å²) in [5.41, 5.74) is 5.24. The highest BCUT2D eigenvalue weighted by Gasteiger charge is 2.21. The predicted octanol–water partition coefficient (Wildman–Crippen LogP) is -0.582. The largest absolute Gasteiger partial charge is 0.380 e. The van der Waals surface area contributed by atoms with Crippen LogP contribution in [0.3, 0.4) is 0 Å². The number of hydrogen-bond acceptors (Lipinski definition) is 4. The lowest BCUT2D eigenvalue weighted by Gasteiger charge is -2.21. The van der Waals surface area contributed by atoms with E-state index in [2.05, 4.69) is 10.2 Å². The summed E-state index contributed by atoms with van der Waals surface area (Å²) in [6.45, 7) is 3.07.